The number of aliphatic hydroxyl groups excluding tert-OH is 2. The van der Waals surface area contributed by atoms with Crippen LogP contribution in [0.25, 0.3) is 0 Å². The number of amides is 1. The van der Waals surface area contributed by atoms with Crippen molar-refractivity contribution in [3.8, 4) is 0 Å². The third-order valence-corrected chi connectivity index (χ3v) is 14.8. The smallest absolute Gasteiger partial charge is 0.302 e. The van der Waals surface area contributed by atoms with Crippen LogP contribution in [0, 0.1) is 11.8 Å². The summed E-state index contributed by atoms with van der Waals surface area (Å²) in [6.45, 7) is 5.07. The van der Waals surface area contributed by atoms with Crippen LogP contribution in [0.5, 0.6) is 0 Å². The van der Waals surface area contributed by atoms with Crippen molar-refractivity contribution < 1.29 is 41.4 Å². The number of sulfonamides is 1. The molecule has 1 aliphatic heterocycles. The average molecular weight is 725 g/mol. The molecule has 0 unspecified atom stereocenters. The van der Waals surface area contributed by atoms with E-state index in [2.05, 4.69) is 0 Å². The van der Waals surface area contributed by atoms with Crippen molar-refractivity contribution in [3.05, 3.63) is 59.7 Å². The van der Waals surface area contributed by atoms with E-state index in [9.17, 15) is 36.6 Å². The molecule has 1 amide bonds. The highest BCUT2D eigenvalue weighted by Crippen LogP contribution is 2.45. The van der Waals surface area contributed by atoms with Gasteiger partial charge in [-0.15, -0.1) is 11.3 Å². The number of aliphatic hydroxyl groups is 2. The number of allylic oxidation sites excluding steroid dienone is 2. The van der Waals surface area contributed by atoms with Gasteiger partial charge in [-0.2, -0.15) is 0 Å². The number of nitrogens with two attached hydrogens (primary N) is 1. The molecule has 1 aromatic heterocycles. The standard InChI is InChI=1S/C34H48N2O9S3/c1-4-36(29-18-22(2)47(41,42)34-28(29)20-33(46-34)48(35,43)44)32(40)15-11-6-5-10-14-26-27(31(21-30(26)39)45-23(3)37)17-16-25(38)19-24-12-8-7-9-13-24/h5,7-10,12-13,20,22,25-27,29-31,38-39H,4,6,11,14-19,21H2,1-3H3,(H2,35,43,44)/b10-5-/t22-,25+,26+,27+,29-,30-,31+/m0/s1. The van der Waals surface area contributed by atoms with Crippen LogP contribution in [0.1, 0.15) is 89.3 Å². The number of unbranched alkanes of at least 4 members (excludes halogenated alkanes) is 1. The first-order valence-electron chi connectivity index (χ1n) is 16.6. The second-order valence-electron chi connectivity index (χ2n) is 12.9. The lowest BCUT2D eigenvalue weighted by molar-refractivity contribution is -0.148. The summed E-state index contributed by atoms with van der Waals surface area (Å²) in [6, 6.07) is 10.5. The van der Waals surface area contributed by atoms with E-state index in [4.69, 9.17) is 9.88 Å². The van der Waals surface area contributed by atoms with Crippen molar-refractivity contribution in [1.82, 2.24) is 4.90 Å². The first kappa shape index (κ1) is 38.2. The van der Waals surface area contributed by atoms with E-state index in [0.717, 1.165) is 5.56 Å². The zero-order valence-corrected chi connectivity index (χ0v) is 30.2. The van der Waals surface area contributed by atoms with E-state index in [1.54, 1.807) is 11.8 Å². The van der Waals surface area contributed by atoms with E-state index in [0.29, 0.717) is 68.4 Å². The molecule has 0 bridgehead atoms. The Kier molecular flexibility index (Phi) is 13.0. The zero-order valence-electron chi connectivity index (χ0n) is 27.7. The molecule has 2 aliphatic rings. The van der Waals surface area contributed by atoms with E-state index in [1.807, 2.05) is 49.4 Å². The molecule has 1 aromatic carbocycles. The summed E-state index contributed by atoms with van der Waals surface area (Å²) in [4.78, 5) is 26.8. The Hall–Kier alpha value is -2.62. The van der Waals surface area contributed by atoms with Crippen LogP contribution in [0.2, 0.25) is 0 Å². The molecule has 2 aromatic rings. The number of hydrogen-bond donors (Lipinski definition) is 3. The lowest BCUT2D eigenvalue weighted by Gasteiger charge is -2.36. The predicted molar refractivity (Wildman–Crippen MR) is 183 cm³/mol. The highest BCUT2D eigenvalue weighted by atomic mass is 32.3. The predicted octanol–water partition coefficient (Wildman–Crippen LogP) is 4.28. The number of thiophene rings is 1. The van der Waals surface area contributed by atoms with Crippen molar-refractivity contribution in [3.63, 3.8) is 0 Å². The Morgan fingerprint density at radius 2 is 1.88 bits per heavy atom. The number of nitrogens with zero attached hydrogens (tertiary/aromatic N) is 1. The van der Waals surface area contributed by atoms with E-state index >= 15 is 0 Å². The molecular formula is C34H48N2O9S3. The lowest BCUT2D eigenvalue weighted by Crippen LogP contribution is -2.40. The van der Waals surface area contributed by atoms with Crippen LogP contribution in [-0.4, -0.2) is 73.9 Å². The van der Waals surface area contributed by atoms with E-state index in [-0.39, 0.29) is 39.0 Å². The minimum atomic E-state index is -4.11. The molecule has 48 heavy (non-hydrogen) atoms. The number of fused-ring (bicyclic) bond motifs is 1. The first-order chi connectivity index (χ1) is 22.6. The van der Waals surface area contributed by atoms with Crippen LogP contribution in [0.3, 0.4) is 0 Å². The molecule has 0 radical (unpaired) electrons. The van der Waals surface area contributed by atoms with Crippen LogP contribution in [0.15, 0.2) is 57.0 Å². The van der Waals surface area contributed by atoms with Crippen molar-refractivity contribution in [2.75, 3.05) is 6.54 Å². The third kappa shape index (κ3) is 9.33. The number of ether oxygens (including phenoxy) is 1. The topological polar surface area (TPSA) is 181 Å². The Bertz CT molecular complexity index is 1660. The summed E-state index contributed by atoms with van der Waals surface area (Å²) in [5, 5.41) is 26.1. The number of benzene rings is 1. The molecule has 266 valence electrons. The molecule has 4 rings (SSSR count). The van der Waals surface area contributed by atoms with Crippen molar-refractivity contribution >= 4 is 43.1 Å². The fourth-order valence-electron chi connectivity index (χ4n) is 7.07. The molecule has 4 N–H and O–H groups in total. The Balaban J connectivity index is 1.33. The van der Waals surface area contributed by atoms with Crippen molar-refractivity contribution in [2.45, 2.75) is 117 Å². The van der Waals surface area contributed by atoms with Gasteiger partial charge in [0, 0.05) is 37.8 Å². The molecule has 7 atom stereocenters. The molecule has 0 saturated heterocycles. The van der Waals surface area contributed by atoms with E-state index in [1.165, 1.54) is 13.0 Å². The summed E-state index contributed by atoms with van der Waals surface area (Å²) in [7, 11) is -7.85. The molecular weight excluding hydrogens is 677 g/mol. The van der Waals surface area contributed by atoms with Crippen LogP contribution >= 0.6 is 11.3 Å². The second-order valence-corrected chi connectivity index (χ2v) is 18.3. The highest BCUT2D eigenvalue weighted by molar-refractivity contribution is 7.95. The van der Waals surface area contributed by atoms with Crippen molar-refractivity contribution in [2.24, 2.45) is 17.0 Å². The molecule has 14 heteroatoms. The molecule has 0 spiro atoms. The quantitative estimate of drug-likeness (QED) is 0.137. The monoisotopic (exact) mass is 724 g/mol. The lowest BCUT2D eigenvalue weighted by atomic mass is 9.85. The number of carbonyl (C=O) groups excluding carboxylic acids is 2. The largest absolute Gasteiger partial charge is 0.462 e. The van der Waals surface area contributed by atoms with Gasteiger partial charge in [0.05, 0.1) is 23.5 Å². The van der Waals surface area contributed by atoms with Gasteiger partial charge in [0.15, 0.2) is 9.84 Å². The highest BCUT2D eigenvalue weighted by Gasteiger charge is 2.44. The number of rotatable bonds is 15. The van der Waals surface area contributed by atoms with Gasteiger partial charge < -0.3 is 19.8 Å². The van der Waals surface area contributed by atoms with Gasteiger partial charge in [-0.3, -0.25) is 9.59 Å². The zero-order chi connectivity index (χ0) is 35.2. The first-order valence-corrected chi connectivity index (χ1v) is 20.5. The molecule has 1 saturated carbocycles. The average Bonchev–Trinajstić information content (AvgIpc) is 3.59. The Labute approximate surface area is 288 Å². The summed E-state index contributed by atoms with van der Waals surface area (Å²) >= 11 is 0.638. The maximum absolute atomic E-state index is 13.4. The van der Waals surface area contributed by atoms with Gasteiger partial charge in [-0.05, 0) is 76.3 Å². The minimum absolute atomic E-state index is 0.0430. The minimum Gasteiger partial charge on any atom is -0.462 e. The van der Waals surface area contributed by atoms with Gasteiger partial charge >= 0.3 is 5.97 Å². The summed E-state index contributed by atoms with van der Waals surface area (Å²) in [5.41, 5.74) is 1.35. The van der Waals surface area contributed by atoms with Gasteiger partial charge in [-0.25, -0.2) is 22.0 Å². The van der Waals surface area contributed by atoms with Crippen LogP contribution in [0.4, 0.5) is 0 Å². The van der Waals surface area contributed by atoms with Gasteiger partial charge in [-0.1, -0.05) is 42.5 Å². The Morgan fingerprint density at radius 1 is 1.17 bits per heavy atom. The molecule has 1 fully saturated rings. The Morgan fingerprint density at radius 3 is 2.52 bits per heavy atom. The summed E-state index contributed by atoms with van der Waals surface area (Å²) < 4.78 is 55.3. The fraction of sp³-hybridized carbons (Fsp3) is 0.588. The van der Waals surface area contributed by atoms with Crippen molar-refractivity contribution in [1.29, 1.82) is 0 Å². The number of carbonyl (C=O) groups is 2. The number of hydrogen-bond acceptors (Lipinski definition) is 10. The van der Waals surface area contributed by atoms with E-state index < -0.39 is 55.4 Å². The number of esters is 1. The number of sulfone groups is 1. The molecule has 11 nitrogen and oxygen atoms in total. The van der Waals surface area contributed by atoms with Gasteiger partial charge in [0.25, 0.3) is 0 Å². The maximum Gasteiger partial charge on any atom is 0.302 e. The SMILES string of the molecule is CCN(C(=O)CCC/C=C\C[C@@H]1[C@@H](CC[C@@H](O)Cc2ccccc2)[C@H](OC(C)=O)C[C@@H]1O)[C@H]1C[C@H](C)S(=O)(=O)c2sc(S(N)(=O)=O)cc21. The van der Waals surface area contributed by atoms with Crippen LogP contribution in [-0.2, 0) is 40.6 Å². The summed E-state index contributed by atoms with van der Waals surface area (Å²) in [6.07, 6.45) is 6.45. The van der Waals surface area contributed by atoms with Gasteiger partial charge in [0.1, 0.15) is 14.5 Å². The second kappa shape index (κ2) is 16.4. The number of primary sulfonamides is 1. The van der Waals surface area contributed by atoms with Crippen LogP contribution < -0.4 is 5.14 Å². The fourth-order valence-corrected chi connectivity index (χ4v) is 11.5. The summed E-state index contributed by atoms with van der Waals surface area (Å²) in [5.74, 6) is -0.787. The molecule has 2 heterocycles. The third-order valence-electron chi connectivity index (χ3n) is 9.52. The molecule has 1 aliphatic carbocycles. The normalized spacial score (nSPS) is 25.9. The maximum atomic E-state index is 13.4. The van der Waals surface area contributed by atoms with Gasteiger partial charge in [0.2, 0.25) is 15.9 Å².